The molecule has 4 atom stereocenters. The molecule has 2 aromatic rings. The number of fused-ring (bicyclic) bond motifs is 1. The minimum atomic E-state index is -0.760. The third-order valence-electron chi connectivity index (χ3n) is 5.57. The quantitative estimate of drug-likeness (QED) is 0.764. The van der Waals surface area contributed by atoms with Gasteiger partial charge in [-0.15, -0.1) is 10.2 Å². The van der Waals surface area contributed by atoms with Crippen molar-refractivity contribution in [1.29, 1.82) is 0 Å². The van der Waals surface area contributed by atoms with Crippen molar-refractivity contribution in [2.75, 3.05) is 6.54 Å². The Morgan fingerprint density at radius 3 is 2.92 bits per heavy atom. The van der Waals surface area contributed by atoms with E-state index < -0.39 is 12.0 Å². The van der Waals surface area contributed by atoms with Crippen LogP contribution in [-0.2, 0) is 4.79 Å². The molecule has 3 N–H and O–H groups in total. The lowest BCUT2D eigenvalue weighted by atomic mass is 9.72. The van der Waals surface area contributed by atoms with Gasteiger partial charge in [0.1, 0.15) is 11.8 Å². The summed E-state index contributed by atoms with van der Waals surface area (Å²) in [5, 5.41) is 26.7. The first-order valence-electron chi connectivity index (χ1n) is 9.07. The molecule has 1 aliphatic heterocycles. The number of carboxylic acids is 1. The molecule has 1 saturated heterocycles. The van der Waals surface area contributed by atoms with Crippen molar-refractivity contribution in [3.63, 3.8) is 0 Å². The Hall–Kier alpha value is -2.48. The summed E-state index contributed by atoms with van der Waals surface area (Å²) in [4.78, 5) is 11.3. The molecule has 2 aliphatic rings. The summed E-state index contributed by atoms with van der Waals surface area (Å²) in [6.07, 6.45) is 3.66. The molecule has 8 nitrogen and oxygen atoms in total. The Labute approximate surface area is 151 Å². The van der Waals surface area contributed by atoms with Crippen molar-refractivity contribution in [3.8, 4) is 17.1 Å². The Morgan fingerprint density at radius 2 is 2.15 bits per heavy atom. The highest BCUT2D eigenvalue weighted by Gasteiger charge is 2.38. The second kappa shape index (κ2) is 7.03. The molecule has 0 amide bonds. The van der Waals surface area contributed by atoms with Crippen LogP contribution in [0.15, 0.2) is 18.2 Å². The highest BCUT2D eigenvalue weighted by molar-refractivity contribution is 5.73. The lowest BCUT2D eigenvalue weighted by Crippen LogP contribution is -2.50. The number of rotatable bonds is 4. The number of carboxylic acid groups (broad SMARTS) is 1. The zero-order valence-corrected chi connectivity index (χ0v) is 14.7. The molecule has 0 bridgehead atoms. The van der Waals surface area contributed by atoms with Gasteiger partial charge in [0.2, 0.25) is 5.82 Å². The second-order valence-corrected chi connectivity index (χ2v) is 7.34. The summed E-state index contributed by atoms with van der Waals surface area (Å²) >= 11 is 0. The molecule has 1 saturated carbocycles. The number of H-pyrrole nitrogens is 1. The maximum atomic E-state index is 11.3. The van der Waals surface area contributed by atoms with Crippen LogP contribution >= 0.6 is 0 Å². The number of aliphatic carboxylic acids is 1. The van der Waals surface area contributed by atoms with E-state index in [0.29, 0.717) is 24.1 Å². The first kappa shape index (κ1) is 17.0. The predicted molar refractivity (Wildman–Crippen MR) is 93.6 cm³/mol. The fourth-order valence-electron chi connectivity index (χ4n) is 4.19. The van der Waals surface area contributed by atoms with Crippen LogP contribution in [0.25, 0.3) is 11.4 Å². The van der Waals surface area contributed by atoms with Gasteiger partial charge in [-0.2, -0.15) is 5.21 Å². The van der Waals surface area contributed by atoms with Crippen molar-refractivity contribution in [1.82, 2.24) is 25.9 Å². The van der Waals surface area contributed by atoms with E-state index >= 15 is 0 Å². The molecule has 26 heavy (non-hydrogen) atoms. The number of aryl methyl sites for hydroxylation is 1. The number of piperidine rings is 1. The molecule has 2 fully saturated rings. The van der Waals surface area contributed by atoms with Crippen molar-refractivity contribution in [3.05, 3.63) is 23.8 Å². The Balaban J connectivity index is 1.49. The van der Waals surface area contributed by atoms with Gasteiger partial charge < -0.3 is 15.2 Å². The minimum Gasteiger partial charge on any atom is -0.490 e. The van der Waals surface area contributed by atoms with Crippen LogP contribution in [0.3, 0.4) is 0 Å². The van der Waals surface area contributed by atoms with E-state index in [9.17, 15) is 9.90 Å². The van der Waals surface area contributed by atoms with Crippen molar-refractivity contribution in [2.24, 2.45) is 11.8 Å². The highest BCUT2D eigenvalue weighted by Crippen LogP contribution is 2.38. The third-order valence-corrected chi connectivity index (χ3v) is 5.57. The molecule has 1 aliphatic carbocycles. The number of carbonyl (C=O) groups is 1. The Kier molecular flexibility index (Phi) is 4.58. The first-order chi connectivity index (χ1) is 12.6. The van der Waals surface area contributed by atoms with Gasteiger partial charge in [0.15, 0.2) is 0 Å². The van der Waals surface area contributed by atoms with E-state index in [4.69, 9.17) is 4.74 Å². The number of hydrogen-bond acceptors (Lipinski definition) is 6. The van der Waals surface area contributed by atoms with Crippen molar-refractivity contribution in [2.45, 2.75) is 44.8 Å². The maximum Gasteiger partial charge on any atom is 0.320 e. The van der Waals surface area contributed by atoms with Crippen molar-refractivity contribution >= 4 is 5.97 Å². The van der Waals surface area contributed by atoms with E-state index in [0.717, 1.165) is 42.7 Å². The molecule has 1 aromatic carbocycles. The van der Waals surface area contributed by atoms with Gasteiger partial charge in [-0.05, 0) is 68.3 Å². The number of hydrogen-bond donors (Lipinski definition) is 3. The Bertz CT molecular complexity index is 779. The summed E-state index contributed by atoms with van der Waals surface area (Å²) in [6, 6.07) is 5.52. The van der Waals surface area contributed by atoms with Crippen LogP contribution in [0.1, 0.15) is 31.2 Å². The lowest BCUT2D eigenvalue weighted by Gasteiger charge is -2.41. The minimum absolute atomic E-state index is 0.0807. The number of aromatic nitrogens is 4. The highest BCUT2D eigenvalue weighted by atomic mass is 16.5. The van der Waals surface area contributed by atoms with E-state index in [1.807, 2.05) is 25.1 Å². The van der Waals surface area contributed by atoms with Gasteiger partial charge in [0.05, 0.1) is 11.7 Å². The molecular formula is C18H23N5O3. The van der Waals surface area contributed by atoms with Gasteiger partial charge in [0, 0.05) is 0 Å². The molecule has 1 aromatic heterocycles. The zero-order chi connectivity index (χ0) is 18.1. The molecular weight excluding hydrogens is 334 g/mol. The molecule has 0 spiro atoms. The number of aromatic amines is 1. The molecule has 8 heteroatoms. The smallest absolute Gasteiger partial charge is 0.320 e. The average Bonchev–Trinajstić information content (AvgIpc) is 3.17. The van der Waals surface area contributed by atoms with Crippen LogP contribution in [0.2, 0.25) is 0 Å². The van der Waals surface area contributed by atoms with Crippen LogP contribution in [0.5, 0.6) is 5.75 Å². The summed E-state index contributed by atoms with van der Waals surface area (Å²) in [6.45, 7) is 2.80. The SMILES string of the molecule is Cc1ccc(O[C@H]2CC[C@H]3CN[C@H](C(=O)O)C[C@H]3C2)c(-c2nn[nH]n2)c1. The van der Waals surface area contributed by atoms with Gasteiger partial charge in [-0.3, -0.25) is 4.79 Å². The fourth-order valence-corrected chi connectivity index (χ4v) is 4.19. The van der Waals surface area contributed by atoms with Crippen LogP contribution in [-0.4, -0.2) is 50.4 Å². The number of nitrogens with one attached hydrogen (secondary N) is 2. The molecule has 2 heterocycles. The fraction of sp³-hybridized carbons (Fsp3) is 0.556. The summed E-state index contributed by atoms with van der Waals surface area (Å²) in [5.74, 6) is 1.44. The summed E-state index contributed by atoms with van der Waals surface area (Å²) < 4.78 is 6.32. The monoisotopic (exact) mass is 357 g/mol. The maximum absolute atomic E-state index is 11.3. The van der Waals surface area contributed by atoms with Gasteiger partial charge in [0.25, 0.3) is 0 Å². The number of tetrazole rings is 1. The predicted octanol–water partition coefficient (Wildman–Crippen LogP) is 1.79. The molecule has 0 unspecified atom stereocenters. The van der Waals surface area contributed by atoms with Gasteiger partial charge in [-0.1, -0.05) is 11.6 Å². The molecule has 138 valence electrons. The van der Waals surface area contributed by atoms with Crippen LogP contribution in [0, 0.1) is 18.8 Å². The third kappa shape index (κ3) is 3.41. The molecule has 4 rings (SSSR count). The standard InChI is InChI=1S/C18H23N5O3/c1-10-2-5-16(14(6-10)17-20-22-23-21-17)26-13-4-3-11-9-19-15(18(24)25)8-12(11)7-13/h2,5-6,11-13,15,19H,3-4,7-9H2,1H3,(H,24,25)(H,20,21,22,23)/t11-,12+,13-,15-/m0/s1. The largest absolute Gasteiger partial charge is 0.490 e. The summed E-state index contributed by atoms with van der Waals surface area (Å²) in [5.41, 5.74) is 1.93. The van der Waals surface area contributed by atoms with Gasteiger partial charge >= 0.3 is 5.97 Å². The lowest BCUT2D eigenvalue weighted by molar-refractivity contribution is -0.141. The summed E-state index contributed by atoms with van der Waals surface area (Å²) in [7, 11) is 0. The van der Waals surface area contributed by atoms with Crippen molar-refractivity contribution < 1.29 is 14.6 Å². The Morgan fingerprint density at radius 1 is 1.27 bits per heavy atom. The van der Waals surface area contributed by atoms with E-state index in [1.54, 1.807) is 0 Å². The molecule has 0 radical (unpaired) electrons. The normalized spacial score (nSPS) is 28.3. The topological polar surface area (TPSA) is 113 Å². The van der Waals surface area contributed by atoms with Crippen LogP contribution < -0.4 is 10.1 Å². The van der Waals surface area contributed by atoms with Gasteiger partial charge in [-0.25, -0.2) is 0 Å². The zero-order valence-electron chi connectivity index (χ0n) is 14.7. The van der Waals surface area contributed by atoms with E-state index in [-0.39, 0.29) is 6.10 Å². The second-order valence-electron chi connectivity index (χ2n) is 7.34. The van der Waals surface area contributed by atoms with Crippen LogP contribution in [0.4, 0.5) is 0 Å². The number of benzene rings is 1. The average molecular weight is 357 g/mol. The number of ether oxygens (including phenoxy) is 1. The first-order valence-corrected chi connectivity index (χ1v) is 9.07. The van der Waals surface area contributed by atoms with E-state index in [2.05, 4.69) is 25.9 Å². The van der Waals surface area contributed by atoms with E-state index in [1.165, 1.54) is 0 Å². The number of nitrogens with zero attached hydrogens (tertiary/aromatic N) is 3.